The number of piperidine rings is 1. The number of rotatable bonds is 6. The monoisotopic (exact) mass is 385 g/mol. The summed E-state index contributed by atoms with van der Waals surface area (Å²) in [6, 6.07) is 5.91. The molecular weight excluding hydrogens is 354 g/mol. The van der Waals surface area contributed by atoms with Gasteiger partial charge in [0.1, 0.15) is 0 Å². The van der Waals surface area contributed by atoms with Crippen LogP contribution in [0.15, 0.2) is 24.4 Å². The van der Waals surface area contributed by atoms with Crippen LogP contribution < -0.4 is 10.2 Å². The first-order valence-corrected chi connectivity index (χ1v) is 10.4. The van der Waals surface area contributed by atoms with Gasteiger partial charge in [0.05, 0.1) is 0 Å². The summed E-state index contributed by atoms with van der Waals surface area (Å²) in [5.41, 5.74) is 0.859. The Morgan fingerprint density at radius 3 is 2.68 bits per heavy atom. The highest BCUT2D eigenvalue weighted by Gasteiger charge is 2.26. The lowest BCUT2D eigenvalue weighted by Gasteiger charge is -2.32. The molecule has 2 aliphatic rings. The Morgan fingerprint density at radius 2 is 1.89 bits per heavy atom. The molecule has 8 nitrogen and oxygen atoms in total. The Kier molecular flexibility index (Phi) is 6.07. The zero-order valence-electron chi connectivity index (χ0n) is 16.8. The summed E-state index contributed by atoms with van der Waals surface area (Å²) < 4.78 is 2.01. The molecule has 2 fully saturated rings. The van der Waals surface area contributed by atoms with Crippen LogP contribution in [0.5, 0.6) is 0 Å². The molecule has 28 heavy (non-hydrogen) atoms. The molecule has 0 unspecified atom stereocenters. The van der Waals surface area contributed by atoms with Gasteiger partial charge in [0.25, 0.3) is 0 Å². The van der Waals surface area contributed by atoms with Crippen LogP contribution in [0, 0.1) is 5.92 Å². The van der Waals surface area contributed by atoms with Crippen LogP contribution >= 0.6 is 0 Å². The van der Waals surface area contributed by atoms with Gasteiger partial charge in [0.2, 0.25) is 11.9 Å². The van der Waals surface area contributed by atoms with Crippen LogP contribution in [0.2, 0.25) is 0 Å². The van der Waals surface area contributed by atoms with E-state index >= 15 is 0 Å². The maximum Gasteiger partial charge on any atom is 0.231 e. The minimum Gasteiger partial charge on any atom is -0.356 e. The third-order valence-electron chi connectivity index (χ3n) is 5.99. The third-order valence-corrected chi connectivity index (χ3v) is 5.99. The first-order chi connectivity index (χ1) is 13.7. The van der Waals surface area contributed by atoms with Crippen molar-refractivity contribution in [2.45, 2.75) is 19.3 Å². The lowest BCUT2D eigenvalue weighted by Crippen LogP contribution is -2.45. The number of carbonyl (C=O) groups excluding carboxylic acids is 1. The normalized spacial score (nSPS) is 20.0. The van der Waals surface area contributed by atoms with Crippen LogP contribution in [0.3, 0.4) is 0 Å². The van der Waals surface area contributed by atoms with Gasteiger partial charge in [-0.2, -0.15) is 0 Å². The second kappa shape index (κ2) is 8.87. The second-order valence-corrected chi connectivity index (χ2v) is 7.98. The van der Waals surface area contributed by atoms with Crippen molar-refractivity contribution >= 4 is 17.5 Å². The number of hydrogen-bond acceptors (Lipinski definition) is 6. The van der Waals surface area contributed by atoms with Gasteiger partial charge in [0, 0.05) is 57.9 Å². The van der Waals surface area contributed by atoms with Crippen LogP contribution in [0.4, 0.5) is 5.95 Å². The molecule has 0 saturated carbocycles. The SMILES string of the molecule is CN1CCN(CCCNC(=O)C2CCN(c3nnc4ccccn34)CC2)CC1. The summed E-state index contributed by atoms with van der Waals surface area (Å²) in [7, 11) is 2.17. The Morgan fingerprint density at radius 1 is 1.11 bits per heavy atom. The molecule has 0 spiro atoms. The van der Waals surface area contributed by atoms with Crippen molar-refractivity contribution in [3.63, 3.8) is 0 Å². The standard InChI is InChI=1S/C20H31N7O/c1-24-13-15-25(16-14-24)9-4-8-21-19(28)17-6-11-26(12-7-17)20-23-22-18-5-2-3-10-27(18)20/h2-3,5,10,17H,4,6-9,11-16H2,1H3,(H,21,28). The molecule has 2 aromatic heterocycles. The quantitative estimate of drug-likeness (QED) is 0.739. The van der Waals surface area contributed by atoms with E-state index in [2.05, 4.69) is 37.3 Å². The average Bonchev–Trinajstić information content (AvgIpc) is 3.17. The van der Waals surface area contributed by atoms with E-state index in [0.29, 0.717) is 0 Å². The van der Waals surface area contributed by atoms with Gasteiger partial charge < -0.3 is 20.0 Å². The number of piperazine rings is 1. The number of amides is 1. The molecule has 0 aromatic carbocycles. The number of hydrogen-bond donors (Lipinski definition) is 1. The zero-order valence-corrected chi connectivity index (χ0v) is 16.8. The number of fused-ring (bicyclic) bond motifs is 1. The predicted octanol–water partition coefficient (Wildman–Crippen LogP) is 0.699. The van der Waals surface area contributed by atoms with E-state index in [9.17, 15) is 4.79 Å². The summed E-state index contributed by atoms with van der Waals surface area (Å²) in [5, 5.41) is 11.7. The van der Waals surface area contributed by atoms with Crippen LogP contribution in [0.25, 0.3) is 5.65 Å². The highest BCUT2D eigenvalue weighted by molar-refractivity contribution is 5.78. The molecule has 0 radical (unpaired) electrons. The summed E-state index contributed by atoms with van der Waals surface area (Å²) in [4.78, 5) is 19.6. The molecule has 152 valence electrons. The maximum absolute atomic E-state index is 12.5. The Bertz CT molecular complexity index is 776. The minimum atomic E-state index is 0.110. The number of anilines is 1. The topological polar surface area (TPSA) is 69.0 Å². The summed E-state index contributed by atoms with van der Waals surface area (Å²) >= 11 is 0. The van der Waals surface area contributed by atoms with Crippen LogP contribution in [-0.4, -0.2) is 89.7 Å². The van der Waals surface area contributed by atoms with Gasteiger partial charge in [-0.05, 0) is 45.0 Å². The van der Waals surface area contributed by atoms with Crippen molar-refractivity contribution in [2.24, 2.45) is 5.92 Å². The lowest BCUT2D eigenvalue weighted by molar-refractivity contribution is -0.125. The molecule has 2 aliphatic heterocycles. The van der Waals surface area contributed by atoms with Crippen molar-refractivity contribution < 1.29 is 4.79 Å². The van der Waals surface area contributed by atoms with E-state index in [0.717, 1.165) is 83.2 Å². The molecule has 8 heteroatoms. The molecule has 1 N–H and O–H groups in total. The van der Waals surface area contributed by atoms with E-state index in [4.69, 9.17) is 0 Å². The fourth-order valence-electron chi connectivity index (χ4n) is 4.12. The van der Waals surface area contributed by atoms with E-state index < -0.39 is 0 Å². The van der Waals surface area contributed by atoms with Crippen LogP contribution in [0.1, 0.15) is 19.3 Å². The number of nitrogens with zero attached hydrogens (tertiary/aromatic N) is 6. The molecule has 2 aromatic rings. The summed E-state index contributed by atoms with van der Waals surface area (Å²) in [6.45, 7) is 8.11. The lowest BCUT2D eigenvalue weighted by atomic mass is 9.96. The zero-order chi connectivity index (χ0) is 19.3. The number of carbonyl (C=O) groups is 1. The summed E-state index contributed by atoms with van der Waals surface area (Å²) in [5.74, 6) is 1.20. The second-order valence-electron chi connectivity index (χ2n) is 7.98. The number of nitrogens with one attached hydrogen (secondary N) is 1. The minimum absolute atomic E-state index is 0.110. The van der Waals surface area contributed by atoms with Gasteiger partial charge in [-0.1, -0.05) is 6.07 Å². The van der Waals surface area contributed by atoms with Gasteiger partial charge in [-0.3, -0.25) is 9.20 Å². The molecule has 4 rings (SSSR count). The molecule has 0 aliphatic carbocycles. The highest BCUT2D eigenvalue weighted by Crippen LogP contribution is 2.22. The number of pyridine rings is 1. The van der Waals surface area contributed by atoms with Gasteiger partial charge in [-0.15, -0.1) is 10.2 Å². The maximum atomic E-state index is 12.5. The number of aromatic nitrogens is 3. The molecule has 4 heterocycles. The first kappa shape index (κ1) is 19.1. The highest BCUT2D eigenvalue weighted by atomic mass is 16.1. The van der Waals surface area contributed by atoms with Crippen molar-refractivity contribution in [3.05, 3.63) is 24.4 Å². The van der Waals surface area contributed by atoms with Crippen molar-refractivity contribution in [1.82, 2.24) is 29.7 Å². The van der Waals surface area contributed by atoms with E-state index in [1.54, 1.807) is 0 Å². The molecule has 0 atom stereocenters. The van der Waals surface area contributed by atoms with Gasteiger partial charge in [-0.25, -0.2) is 0 Å². The fraction of sp³-hybridized carbons (Fsp3) is 0.650. The van der Waals surface area contributed by atoms with E-state index in [1.165, 1.54) is 0 Å². The van der Waals surface area contributed by atoms with Crippen molar-refractivity contribution in [3.8, 4) is 0 Å². The third kappa shape index (κ3) is 4.44. The van der Waals surface area contributed by atoms with Crippen LogP contribution in [-0.2, 0) is 4.79 Å². The molecule has 2 saturated heterocycles. The fourth-order valence-corrected chi connectivity index (χ4v) is 4.12. The summed E-state index contributed by atoms with van der Waals surface area (Å²) in [6.07, 6.45) is 4.75. The molecule has 1 amide bonds. The Balaban J connectivity index is 1.18. The molecular formula is C20H31N7O. The largest absolute Gasteiger partial charge is 0.356 e. The Hall–Kier alpha value is -2.19. The van der Waals surface area contributed by atoms with E-state index in [-0.39, 0.29) is 11.8 Å². The van der Waals surface area contributed by atoms with Crippen molar-refractivity contribution in [2.75, 3.05) is 64.3 Å². The molecule has 0 bridgehead atoms. The average molecular weight is 386 g/mol. The van der Waals surface area contributed by atoms with Gasteiger partial charge >= 0.3 is 0 Å². The first-order valence-electron chi connectivity index (χ1n) is 10.4. The Labute approximate surface area is 166 Å². The predicted molar refractivity (Wildman–Crippen MR) is 109 cm³/mol. The number of likely N-dealkylation sites (N-methyl/N-ethyl adjacent to an activating group) is 1. The van der Waals surface area contributed by atoms with Gasteiger partial charge in [0.15, 0.2) is 5.65 Å². The van der Waals surface area contributed by atoms with Crippen molar-refractivity contribution in [1.29, 1.82) is 0 Å². The smallest absolute Gasteiger partial charge is 0.231 e. The van der Waals surface area contributed by atoms with E-state index in [1.807, 2.05) is 28.8 Å².